The van der Waals surface area contributed by atoms with Crippen LogP contribution in [-0.2, 0) is 4.79 Å². The van der Waals surface area contributed by atoms with Gasteiger partial charge >= 0.3 is 5.97 Å². The molecule has 0 saturated carbocycles. The van der Waals surface area contributed by atoms with Gasteiger partial charge in [-0.2, -0.15) is 0 Å². The average Bonchev–Trinajstić information content (AvgIpc) is 2.45. The number of pyridine rings is 1. The van der Waals surface area contributed by atoms with Crippen molar-refractivity contribution in [2.24, 2.45) is 0 Å². The van der Waals surface area contributed by atoms with Crippen LogP contribution in [0.5, 0.6) is 0 Å². The Bertz CT molecular complexity index is 679. The molecule has 5 nitrogen and oxygen atoms in total. The van der Waals surface area contributed by atoms with Crippen molar-refractivity contribution >= 4 is 29.3 Å². The van der Waals surface area contributed by atoms with Crippen molar-refractivity contribution in [1.82, 2.24) is 4.98 Å². The molecule has 0 unspecified atom stereocenters. The van der Waals surface area contributed by atoms with Crippen LogP contribution in [0.3, 0.4) is 0 Å². The van der Waals surface area contributed by atoms with Crippen LogP contribution in [0.15, 0.2) is 47.6 Å². The molecule has 0 aliphatic heterocycles. The van der Waals surface area contributed by atoms with Gasteiger partial charge in [-0.1, -0.05) is 17.8 Å². The molecule has 0 spiro atoms. The van der Waals surface area contributed by atoms with Crippen molar-refractivity contribution in [2.45, 2.75) is 5.03 Å². The summed E-state index contributed by atoms with van der Waals surface area (Å²) in [7, 11) is 0. The molecular weight excluding hydrogens is 295 g/mol. The number of amides is 1. The van der Waals surface area contributed by atoms with Crippen LogP contribution in [0.1, 0.15) is 10.4 Å². The third kappa shape index (κ3) is 4.28. The molecule has 0 aliphatic carbocycles. The Balaban J connectivity index is 1.97. The van der Waals surface area contributed by atoms with E-state index in [1.807, 2.05) is 0 Å². The highest BCUT2D eigenvalue weighted by atomic mass is 32.2. The van der Waals surface area contributed by atoms with Crippen molar-refractivity contribution in [3.05, 3.63) is 54.0 Å². The summed E-state index contributed by atoms with van der Waals surface area (Å²) in [5, 5.41) is 11.8. The second-order valence-corrected chi connectivity index (χ2v) is 4.97. The predicted octanol–water partition coefficient (Wildman–Crippen LogP) is 2.65. The topological polar surface area (TPSA) is 79.3 Å². The molecule has 108 valence electrons. The van der Waals surface area contributed by atoms with Gasteiger partial charge in [-0.15, -0.1) is 0 Å². The van der Waals surface area contributed by atoms with E-state index in [0.29, 0.717) is 5.69 Å². The molecule has 7 heteroatoms. The van der Waals surface area contributed by atoms with Crippen molar-refractivity contribution in [2.75, 3.05) is 11.1 Å². The molecule has 1 amide bonds. The second-order valence-electron chi connectivity index (χ2n) is 4.01. The predicted molar refractivity (Wildman–Crippen MR) is 77.0 cm³/mol. The second kappa shape index (κ2) is 6.85. The molecule has 2 N–H and O–H groups in total. The smallest absolute Gasteiger partial charge is 0.338 e. The molecule has 21 heavy (non-hydrogen) atoms. The van der Waals surface area contributed by atoms with Crippen LogP contribution in [0.2, 0.25) is 0 Å². The lowest BCUT2D eigenvalue weighted by molar-refractivity contribution is -0.113. The number of hydrogen-bond acceptors (Lipinski definition) is 4. The number of aromatic nitrogens is 1. The summed E-state index contributed by atoms with van der Waals surface area (Å²) in [6.45, 7) is 0. The highest BCUT2D eigenvalue weighted by Gasteiger charge is 2.13. The van der Waals surface area contributed by atoms with E-state index in [1.54, 1.807) is 6.07 Å². The van der Waals surface area contributed by atoms with Crippen LogP contribution in [0, 0.1) is 5.82 Å². The minimum absolute atomic E-state index is 0.0200. The standard InChI is InChI=1S/C14H11FN2O3S/c15-9-3-1-4-10(7-9)17-12(18)8-21-13-11(14(19)20)5-2-6-16-13/h1-7H,8H2,(H,17,18)(H,19,20). The number of carbonyl (C=O) groups excluding carboxylic acids is 1. The zero-order valence-electron chi connectivity index (χ0n) is 10.7. The molecule has 0 bridgehead atoms. The van der Waals surface area contributed by atoms with Crippen molar-refractivity contribution in [3.8, 4) is 0 Å². The first-order valence-corrected chi connectivity index (χ1v) is 6.91. The van der Waals surface area contributed by atoms with Crippen LogP contribution in [0.25, 0.3) is 0 Å². The lowest BCUT2D eigenvalue weighted by Crippen LogP contribution is -2.14. The lowest BCUT2D eigenvalue weighted by Gasteiger charge is -2.06. The number of anilines is 1. The highest BCUT2D eigenvalue weighted by Crippen LogP contribution is 2.20. The third-order valence-corrected chi connectivity index (χ3v) is 3.46. The minimum atomic E-state index is -1.10. The Kier molecular flexibility index (Phi) is 4.89. The summed E-state index contributed by atoms with van der Waals surface area (Å²) >= 11 is 1.01. The third-order valence-electron chi connectivity index (χ3n) is 2.45. The Labute approximate surface area is 124 Å². The molecule has 0 radical (unpaired) electrons. The number of carboxylic acid groups (broad SMARTS) is 1. The molecule has 1 aromatic carbocycles. The summed E-state index contributed by atoms with van der Waals surface area (Å²) in [4.78, 5) is 26.7. The molecule has 2 aromatic rings. The summed E-state index contributed by atoms with van der Waals surface area (Å²) in [6, 6.07) is 8.46. The maximum atomic E-state index is 13.0. The van der Waals surface area contributed by atoms with Crippen molar-refractivity contribution in [1.29, 1.82) is 0 Å². The van der Waals surface area contributed by atoms with E-state index in [2.05, 4.69) is 10.3 Å². The van der Waals surface area contributed by atoms with Crippen LogP contribution >= 0.6 is 11.8 Å². The molecule has 0 aliphatic rings. The van der Waals surface area contributed by atoms with Crippen LogP contribution in [0.4, 0.5) is 10.1 Å². The van der Waals surface area contributed by atoms with Gasteiger partial charge in [-0.25, -0.2) is 14.2 Å². The molecule has 0 fully saturated rings. The number of hydrogen-bond donors (Lipinski definition) is 2. The minimum Gasteiger partial charge on any atom is -0.478 e. The Hall–Kier alpha value is -2.41. The fourth-order valence-corrected chi connectivity index (χ4v) is 2.35. The average molecular weight is 306 g/mol. The number of rotatable bonds is 5. The van der Waals surface area contributed by atoms with E-state index < -0.39 is 11.8 Å². The molecule has 2 rings (SSSR count). The number of thioether (sulfide) groups is 1. The first kappa shape index (κ1) is 15.0. The lowest BCUT2D eigenvalue weighted by atomic mass is 10.3. The molecular formula is C14H11FN2O3S. The van der Waals surface area contributed by atoms with Gasteiger partial charge in [0.05, 0.1) is 11.3 Å². The van der Waals surface area contributed by atoms with Crippen molar-refractivity contribution < 1.29 is 19.1 Å². The fraction of sp³-hybridized carbons (Fsp3) is 0.0714. The van der Waals surface area contributed by atoms with Gasteiger partial charge in [-0.3, -0.25) is 4.79 Å². The van der Waals surface area contributed by atoms with E-state index in [4.69, 9.17) is 5.11 Å². The Morgan fingerprint density at radius 2 is 2.10 bits per heavy atom. The SMILES string of the molecule is O=C(CSc1ncccc1C(=O)O)Nc1cccc(F)c1. The van der Waals surface area contributed by atoms with Crippen molar-refractivity contribution in [3.63, 3.8) is 0 Å². The van der Waals surface area contributed by atoms with Gasteiger partial charge in [0.25, 0.3) is 0 Å². The Morgan fingerprint density at radius 1 is 1.29 bits per heavy atom. The van der Waals surface area contributed by atoms with Gasteiger partial charge in [0.2, 0.25) is 5.91 Å². The summed E-state index contributed by atoms with van der Waals surface area (Å²) in [5.74, 6) is -1.93. The maximum absolute atomic E-state index is 13.0. The monoisotopic (exact) mass is 306 g/mol. The molecule has 0 saturated heterocycles. The normalized spacial score (nSPS) is 10.1. The summed E-state index contributed by atoms with van der Waals surface area (Å²) in [6.07, 6.45) is 1.46. The van der Waals surface area contributed by atoms with Gasteiger partial charge in [0, 0.05) is 11.9 Å². The van der Waals surface area contributed by atoms with E-state index in [0.717, 1.165) is 11.8 Å². The molecule has 1 heterocycles. The maximum Gasteiger partial charge on any atom is 0.338 e. The number of nitrogens with zero attached hydrogens (tertiary/aromatic N) is 1. The summed E-state index contributed by atoms with van der Waals surface area (Å²) < 4.78 is 13.0. The quantitative estimate of drug-likeness (QED) is 0.830. The number of benzene rings is 1. The van der Waals surface area contributed by atoms with E-state index in [1.165, 1.54) is 36.5 Å². The van der Waals surface area contributed by atoms with E-state index in [9.17, 15) is 14.0 Å². The number of carboxylic acids is 1. The van der Waals surface area contributed by atoms with E-state index in [-0.39, 0.29) is 22.2 Å². The summed E-state index contributed by atoms with van der Waals surface area (Å²) in [5.41, 5.74) is 0.390. The molecule has 1 aromatic heterocycles. The number of aromatic carboxylic acids is 1. The van der Waals surface area contributed by atoms with Gasteiger partial charge in [0.1, 0.15) is 10.8 Å². The van der Waals surface area contributed by atoms with E-state index >= 15 is 0 Å². The van der Waals surface area contributed by atoms with Gasteiger partial charge in [-0.05, 0) is 30.3 Å². The number of halogens is 1. The number of carbonyl (C=O) groups is 2. The first-order chi connectivity index (χ1) is 10.1. The number of nitrogens with one attached hydrogen (secondary N) is 1. The first-order valence-electron chi connectivity index (χ1n) is 5.93. The Morgan fingerprint density at radius 3 is 2.81 bits per heavy atom. The van der Waals surface area contributed by atoms with Gasteiger partial charge in [0.15, 0.2) is 0 Å². The van der Waals surface area contributed by atoms with Crippen LogP contribution in [-0.4, -0.2) is 27.7 Å². The highest BCUT2D eigenvalue weighted by molar-refractivity contribution is 8.00. The largest absolute Gasteiger partial charge is 0.478 e. The zero-order chi connectivity index (χ0) is 15.2. The van der Waals surface area contributed by atoms with Crippen LogP contribution < -0.4 is 5.32 Å². The van der Waals surface area contributed by atoms with Gasteiger partial charge < -0.3 is 10.4 Å². The zero-order valence-corrected chi connectivity index (χ0v) is 11.6. The fourth-order valence-electron chi connectivity index (χ4n) is 1.57. The molecule has 0 atom stereocenters.